The van der Waals surface area contributed by atoms with Crippen molar-refractivity contribution in [2.75, 3.05) is 12.3 Å². The second-order valence-corrected chi connectivity index (χ2v) is 5.51. The highest BCUT2D eigenvalue weighted by Gasteiger charge is 2.27. The molecule has 0 aromatic heterocycles. The molecule has 1 aromatic carbocycles. The zero-order valence-electron chi connectivity index (χ0n) is 9.22. The van der Waals surface area contributed by atoms with Crippen molar-refractivity contribution in [1.82, 2.24) is 5.32 Å². The van der Waals surface area contributed by atoms with Gasteiger partial charge in [0.15, 0.2) is 0 Å². The fourth-order valence-corrected chi connectivity index (χ4v) is 2.46. The fraction of sp³-hybridized carbons (Fsp3) is 0.455. The van der Waals surface area contributed by atoms with Gasteiger partial charge in [-0.3, -0.25) is 0 Å². The van der Waals surface area contributed by atoms with Gasteiger partial charge < -0.3 is 5.32 Å². The van der Waals surface area contributed by atoms with Crippen molar-refractivity contribution in [3.63, 3.8) is 0 Å². The van der Waals surface area contributed by atoms with Gasteiger partial charge in [0.2, 0.25) is 0 Å². The highest BCUT2D eigenvalue weighted by Crippen LogP contribution is 2.29. The summed E-state index contributed by atoms with van der Waals surface area (Å²) in [6, 6.07) is 7.69. The van der Waals surface area contributed by atoms with Gasteiger partial charge in [-0.05, 0) is 30.3 Å². The fourth-order valence-electron chi connectivity index (χ4n) is 1.38. The molecule has 1 unspecified atom stereocenters. The van der Waals surface area contributed by atoms with Gasteiger partial charge in [0.05, 0.1) is 0 Å². The van der Waals surface area contributed by atoms with Gasteiger partial charge in [-0.25, -0.2) is 0 Å². The minimum Gasteiger partial charge on any atom is -0.309 e. The van der Waals surface area contributed by atoms with Crippen LogP contribution in [-0.2, 0) is 0 Å². The SMILES string of the molecule is CC(NCCSC(F)(F)F)c1ccccc1Br. The molecule has 96 valence electrons. The van der Waals surface area contributed by atoms with Gasteiger partial charge in [0, 0.05) is 22.8 Å². The van der Waals surface area contributed by atoms with Crippen LogP contribution in [-0.4, -0.2) is 17.8 Å². The monoisotopic (exact) mass is 327 g/mol. The maximum Gasteiger partial charge on any atom is 0.441 e. The molecule has 17 heavy (non-hydrogen) atoms. The van der Waals surface area contributed by atoms with E-state index in [4.69, 9.17) is 0 Å². The molecule has 0 radical (unpaired) electrons. The molecule has 1 aromatic rings. The molecule has 0 fully saturated rings. The lowest BCUT2D eigenvalue weighted by atomic mass is 10.1. The molecule has 0 aliphatic heterocycles. The summed E-state index contributed by atoms with van der Waals surface area (Å²) in [6.45, 7) is 2.25. The molecule has 0 saturated carbocycles. The third kappa shape index (κ3) is 5.79. The van der Waals surface area contributed by atoms with E-state index in [1.807, 2.05) is 31.2 Å². The number of halogens is 4. The number of rotatable bonds is 5. The van der Waals surface area contributed by atoms with Crippen LogP contribution in [0, 0.1) is 0 Å². The molecule has 6 heteroatoms. The van der Waals surface area contributed by atoms with Crippen LogP contribution in [0.4, 0.5) is 13.2 Å². The van der Waals surface area contributed by atoms with Crippen molar-refractivity contribution in [3.8, 4) is 0 Å². The van der Waals surface area contributed by atoms with Gasteiger partial charge >= 0.3 is 5.51 Å². The summed E-state index contributed by atoms with van der Waals surface area (Å²) in [5, 5.41) is 3.06. The maximum absolute atomic E-state index is 11.9. The van der Waals surface area contributed by atoms with E-state index in [9.17, 15) is 13.2 Å². The molecule has 0 heterocycles. The van der Waals surface area contributed by atoms with Gasteiger partial charge in [-0.2, -0.15) is 13.2 Å². The number of alkyl halides is 3. The van der Waals surface area contributed by atoms with Crippen LogP contribution in [0.1, 0.15) is 18.5 Å². The Bertz CT molecular complexity index is 357. The summed E-state index contributed by atoms with van der Waals surface area (Å²) < 4.78 is 36.6. The van der Waals surface area contributed by atoms with Crippen molar-refractivity contribution in [1.29, 1.82) is 0 Å². The Morgan fingerprint density at radius 1 is 1.35 bits per heavy atom. The number of hydrogen-bond acceptors (Lipinski definition) is 2. The van der Waals surface area contributed by atoms with Crippen molar-refractivity contribution >= 4 is 27.7 Å². The third-order valence-corrected chi connectivity index (χ3v) is 3.65. The molecule has 1 nitrogen and oxygen atoms in total. The Balaban J connectivity index is 2.36. The third-order valence-electron chi connectivity index (χ3n) is 2.19. The van der Waals surface area contributed by atoms with E-state index in [1.165, 1.54) is 0 Å². The van der Waals surface area contributed by atoms with E-state index in [1.54, 1.807) is 0 Å². The summed E-state index contributed by atoms with van der Waals surface area (Å²) in [7, 11) is 0. The molecular formula is C11H13BrF3NS. The van der Waals surface area contributed by atoms with E-state index in [0.717, 1.165) is 10.0 Å². The van der Waals surface area contributed by atoms with E-state index in [2.05, 4.69) is 21.2 Å². The molecule has 1 atom stereocenters. The molecule has 0 spiro atoms. The van der Waals surface area contributed by atoms with Crippen LogP contribution < -0.4 is 5.32 Å². The standard InChI is InChI=1S/C11H13BrF3NS/c1-8(9-4-2-3-5-10(9)12)16-6-7-17-11(13,14)15/h2-5,8,16H,6-7H2,1H3. The van der Waals surface area contributed by atoms with E-state index in [0.29, 0.717) is 6.54 Å². The molecule has 0 saturated heterocycles. The quantitative estimate of drug-likeness (QED) is 0.807. The topological polar surface area (TPSA) is 12.0 Å². The molecule has 0 aliphatic carbocycles. The van der Waals surface area contributed by atoms with E-state index in [-0.39, 0.29) is 23.6 Å². The normalized spacial score (nSPS) is 13.7. The summed E-state index contributed by atoms with van der Waals surface area (Å²) >= 11 is 3.41. The largest absolute Gasteiger partial charge is 0.441 e. The summed E-state index contributed by atoms with van der Waals surface area (Å²) in [5.41, 5.74) is -3.09. The van der Waals surface area contributed by atoms with Gasteiger partial charge in [-0.15, -0.1) is 0 Å². The second-order valence-electron chi connectivity index (χ2n) is 3.49. The predicted octanol–water partition coefficient (Wildman–Crippen LogP) is 4.35. The molecule has 0 aliphatic rings. The summed E-state index contributed by atoms with van der Waals surface area (Å²) in [5.74, 6) is 0.0261. The molecular weight excluding hydrogens is 315 g/mol. The number of hydrogen-bond donors (Lipinski definition) is 1. The highest BCUT2D eigenvalue weighted by molar-refractivity contribution is 9.10. The van der Waals surface area contributed by atoms with Crippen molar-refractivity contribution < 1.29 is 13.2 Å². The second kappa shape index (κ2) is 6.66. The Morgan fingerprint density at radius 2 is 2.00 bits per heavy atom. The highest BCUT2D eigenvalue weighted by atomic mass is 79.9. The van der Waals surface area contributed by atoms with Crippen LogP contribution in [0.2, 0.25) is 0 Å². The Kier molecular flexibility index (Phi) is 5.82. The minimum absolute atomic E-state index is 0.000726. The van der Waals surface area contributed by atoms with Crippen LogP contribution >= 0.6 is 27.7 Å². The zero-order valence-corrected chi connectivity index (χ0v) is 11.6. The van der Waals surface area contributed by atoms with Crippen LogP contribution in [0.25, 0.3) is 0 Å². The number of thioether (sulfide) groups is 1. The average molecular weight is 328 g/mol. The lowest BCUT2D eigenvalue weighted by Gasteiger charge is -2.15. The molecule has 0 amide bonds. The van der Waals surface area contributed by atoms with Gasteiger partial charge in [0.1, 0.15) is 0 Å². The first kappa shape index (κ1) is 14.9. The summed E-state index contributed by atoms with van der Waals surface area (Å²) in [4.78, 5) is 0. The molecule has 1 rings (SSSR count). The zero-order chi connectivity index (χ0) is 12.9. The first-order chi connectivity index (χ1) is 7.90. The minimum atomic E-state index is -4.14. The van der Waals surface area contributed by atoms with E-state index >= 15 is 0 Å². The Morgan fingerprint density at radius 3 is 2.59 bits per heavy atom. The van der Waals surface area contributed by atoms with Crippen LogP contribution in [0.15, 0.2) is 28.7 Å². The first-order valence-corrected chi connectivity index (χ1v) is 6.86. The van der Waals surface area contributed by atoms with E-state index < -0.39 is 5.51 Å². The first-order valence-electron chi connectivity index (χ1n) is 5.08. The van der Waals surface area contributed by atoms with Crippen LogP contribution in [0.3, 0.4) is 0 Å². The Hall–Kier alpha value is -0.200. The molecule has 0 bridgehead atoms. The van der Waals surface area contributed by atoms with Crippen molar-refractivity contribution in [2.24, 2.45) is 0 Å². The number of benzene rings is 1. The average Bonchev–Trinajstić information content (AvgIpc) is 2.23. The van der Waals surface area contributed by atoms with Crippen molar-refractivity contribution in [3.05, 3.63) is 34.3 Å². The lowest BCUT2D eigenvalue weighted by molar-refractivity contribution is -0.0327. The summed E-state index contributed by atoms with van der Waals surface area (Å²) in [6.07, 6.45) is 0. The molecule has 1 N–H and O–H groups in total. The predicted molar refractivity (Wildman–Crippen MR) is 69.1 cm³/mol. The Labute approximate surface area is 111 Å². The number of nitrogens with one attached hydrogen (secondary N) is 1. The van der Waals surface area contributed by atoms with Gasteiger partial charge in [-0.1, -0.05) is 34.1 Å². The smallest absolute Gasteiger partial charge is 0.309 e. The van der Waals surface area contributed by atoms with Crippen LogP contribution in [0.5, 0.6) is 0 Å². The lowest BCUT2D eigenvalue weighted by Crippen LogP contribution is -2.22. The maximum atomic E-state index is 11.9. The van der Waals surface area contributed by atoms with Gasteiger partial charge in [0.25, 0.3) is 0 Å². The van der Waals surface area contributed by atoms with Crippen molar-refractivity contribution in [2.45, 2.75) is 18.5 Å².